The van der Waals surface area contributed by atoms with Crippen molar-refractivity contribution in [1.82, 2.24) is 4.90 Å². The van der Waals surface area contributed by atoms with Crippen LogP contribution < -0.4 is 0 Å². The lowest BCUT2D eigenvalue weighted by atomic mass is 10.2. The van der Waals surface area contributed by atoms with Gasteiger partial charge in [0.25, 0.3) is 0 Å². The normalized spacial score (nSPS) is 19.3. The Balaban J connectivity index is 2.52. The highest BCUT2D eigenvalue weighted by Crippen LogP contribution is 2.12. The molecule has 0 N–H and O–H groups in total. The van der Waals surface area contributed by atoms with Crippen molar-refractivity contribution in [2.24, 2.45) is 0 Å². The fourth-order valence-electron chi connectivity index (χ4n) is 1.06. The lowest BCUT2D eigenvalue weighted by molar-refractivity contribution is 0.496. The van der Waals surface area contributed by atoms with Crippen molar-refractivity contribution in [1.29, 1.82) is 0 Å². The molecule has 0 aromatic rings. The van der Waals surface area contributed by atoms with Crippen LogP contribution in [0.25, 0.3) is 0 Å². The van der Waals surface area contributed by atoms with Gasteiger partial charge in [0.1, 0.15) is 0 Å². The lowest BCUT2D eigenvalue weighted by Crippen LogP contribution is -2.04. The van der Waals surface area contributed by atoms with Gasteiger partial charge >= 0.3 is 0 Å². The molecule has 0 aliphatic carbocycles. The maximum absolute atomic E-state index is 2.22. The third kappa shape index (κ3) is 1.60. The minimum atomic E-state index is 1.18. The molecule has 0 aromatic carbocycles. The molecule has 0 saturated heterocycles. The molecule has 1 heteroatoms. The number of hydrogen-bond acceptors (Lipinski definition) is 1. The van der Waals surface area contributed by atoms with E-state index in [9.17, 15) is 0 Å². The molecule has 0 amide bonds. The van der Waals surface area contributed by atoms with Crippen molar-refractivity contribution in [3.63, 3.8) is 0 Å². The first-order valence-corrected chi connectivity index (χ1v) is 3.36. The molecule has 0 unspecified atom stereocenters. The van der Waals surface area contributed by atoms with Crippen molar-refractivity contribution in [2.75, 3.05) is 13.6 Å². The highest BCUT2D eigenvalue weighted by atomic mass is 15.1. The largest absolute Gasteiger partial charge is 0.380 e. The average molecular weight is 123 g/mol. The van der Waals surface area contributed by atoms with E-state index in [1.807, 2.05) is 0 Å². The maximum Gasteiger partial charge on any atom is 0.0210 e. The fourth-order valence-corrected chi connectivity index (χ4v) is 1.06. The van der Waals surface area contributed by atoms with Crippen LogP contribution in [0.15, 0.2) is 23.9 Å². The first kappa shape index (κ1) is 6.40. The van der Waals surface area contributed by atoms with Gasteiger partial charge in [0.05, 0.1) is 0 Å². The van der Waals surface area contributed by atoms with E-state index in [1.165, 1.54) is 18.5 Å². The molecule has 0 radical (unpaired) electrons. The number of allylic oxidation sites excluding steroid dienone is 2. The second-order valence-corrected chi connectivity index (χ2v) is 2.43. The third-order valence-electron chi connectivity index (χ3n) is 1.52. The Bertz CT molecular complexity index is 145. The van der Waals surface area contributed by atoms with Gasteiger partial charge in [0.2, 0.25) is 0 Å². The second kappa shape index (κ2) is 2.72. The maximum atomic E-state index is 2.22. The Morgan fingerprint density at radius 2 is 2.44 bits per heavy atom. The predicted molar refractivity (Wildman–Crippen MR) is 40.1 cm³/mol. The molecule has 1 rings (SSSR count). The first-order valence-electron chi connectivity index (χ1n) is 3.36. The monoisotopic (exact) mass is 123 g/mol. The molecule has 0 saturated carbocycles. The van der Waals surface area contributed by atoms with E-state index < -0.39 is 0 Å². The zero-order valence-electron chi connectivity index (χ0n) is 6.09. The van der Waals surface area contributed by atoms with E-state index in [1.54, 1.807) is 0 Å². The van der Waals surface area contributed by atoms with Crippen LogP contribution in [-0.4, -0.2) is 18.5 Å². The van der Waals surface area contributed by atoms with Crippen LogP contribution in [0.3, 0.4) is 0 Å². The van der Waals surface area contributed by atoms with Crippen LogP contribution in [0.4, 0.5) is 0 Å². The van der Waals surface area contributed by atoms with Gasteiger partial charge in [-0.25, -0.2) is 0 Å². The highest BCUT2D eigenvalue weighted by Gasteiger charge is 2.03. The molecule has 0 fully saturated rings. The standard InChI is InChI=1S/C8H13N/c1-3-4-8-5-6-9(2)7-8/h3-4,7H,5-6H2,1-2H3/b4-3-. The van der Waals surface area contributed by atoms with Gasteiger partial charge in [-0.05, 0) is 18.9 Å². The van der Waals surface area contributed by atoms with E-state index in [0.29, 0.717) is 0 Å². The second-order valence-electron chi connectivity index (χ2n) is 2.43. The Kier molecular flexibility index (Phi) is 1.93. The summed E-state index contributed by atoms with van der Waals surface area (Å²) in [7, 11) is 2.11. The molecular formula is C8H13N. The van der Waals surface area contributed by atoms with Crippen LogP contribution >= 0.6 is 0 Å². The van der Waals surface area contributed by atoms with Crippen molar-refractivity contribution < 1.29 is 0 Å². The fraction of sp³-hybridized carbons (Fsp3) is 0.500. The van der Waals surface area contributed by atoms with E-state index in [0.717, 1.165) is 0 Å². The van der Waals surface area contributed by atoms with Gasteiger partial charge < -0.3 is 4.90 Å². The van der Waals surface area contributed by atoms with Gasteiger partial charge in [-0.2, -0.15) is 0 Å². The molecule has 0 atom stereocenters. The van der Waals surface area contributed by atoms with E-state index >= 15 is 0 Å². The molecule has 1 nitrogen and oxygen atoms in total. The molecule has 1 heterocycles. The van der Waals surface area contributed by atoms with Crippen LogP contribution in [0.2, 0.25) is 0 Å². The topological polar surface area (TPSA) is 3.24 Å². The summed E-state index contributed by atoms with van der Waals surface area (Å²) in [4.78, 5) is 2.22. The summed E-state index contributed by atoms with van der Waals surface area (Å²) >= 11 is 0. The molecule has 0 aromatic heterocycles. The molecule has 0 bridgehead atoms. The van der Waals surface area contributed by atoms with Gasteiger partial charge in [-0.1, -0.05) is 12.2 Å². The summed E-state index contributed by atoms with van der Waals surface area (Å²) in [5, 5.41) is 0. The minimum absolute atomic E-state index is 1.18. The van der Waals surface area contributed by atoms with Crippen molar-refractivity contribution >= 4 is 0 Å². The molecule has 50 valence electrons. The molecular weight excluding hydrogens is 110 g/mol. The zero-order valence-corrected chi connectivity index (χ0v) is 6.09. The van der Waals surface area contributed by atoms with Gasteiger partial charge in [0.15, 0.2) is 0 Å². The number of nitrogens with zero attached hydrogens (tertiary/aromatic N) is 1. The lowest BCUT2D eigenvalue weighted by Gasteiger charge is -2.02. The number of hydrogen-bond donors (Lipinski definition) is 0. The van der Waals surface area contributed by atoms with Gasteiger partial charge in [0, 0.05) is 19.8 Å². The summed E-state index contributed by atoms with van der Waals surface area (Å²) in [6.45, 7) is 3.23. The zero-order chi connectivity index (χ0) is 6.69. The van der Waals surface area contributed by atoms with Crippen molar-refractivity contribution in [3.8, 4) is 0 Å². The smallest absolute Gasteiger partial charge is 0.0210 e. The minimum Gasteiger partial charge on any atom is -0.380 e. The van der Waals surface area contributed by atoms with Gasteiger partial charge in [-0.3, -0.25) is 0 Å². The van der Waals surface area contributed by atoms with E-state index in [-0.39, 0.29) is 0 Å². The summed E-state index contributed by atoms with van der Waals surface area (Å²) in [5.74, 6) is 0. The quantitative estimate of drug-likeness (QED) is 0.513. The van der Waals surface area contributed by atoms with Crippen LogP contribution in [-0.2, 0) is 0 Å². The Morgan fingerprint density at radius 3 is 2.89 bits per heavy atom. The average Bonchev–Trinajstić information content (AvgIpc) is 2.17. The Hall–Kier alpha value is -0.720. The Morgan fingerprint density at radius 1 is 1.67 bits per heavy atom. The molecule has 1 aliphatic heterocycles. The summed E-state index contributed by atoms with van der Waals surface area (Å²) in [6.07, 6.45) is 7.66. The molecule has 0 spiro atoms. The highest BCUT2D eigenvalue weighted by molar-refractivity contribution is 5.20. The molecule has 1 aliphatic rings. The van der Waals surface area contributed by atoms with Crippen LogP contribution in [0.1, 0.15) is 13.3 Å². The third-order valence-corrected chi connectivity index (χ3v) is 1.52. The van der Waals surface area contributed by atoms with Crippen molar-refractivity contribution in [3.05, 3.63) is 23.9 Å². The summed E-state index contributed by atoms with van der Waals surface area (Å²) in [5.41, 5.74) is 1.44. The number of rotatable bonds is 1. The van der Waals surface area contributed by atoms with Crippen molar-refractivity contribution in [2.45, 2.75) is 13.3 Å². The van der Waals surface area contributed by atoms with Gasteiger partial charge in [-0.15, -0.1) is 0 Å². The Labute approximate surface area is 56.7 Å². The predicted octanol–water partition coefficient (Wildman–Crippen LogP) is 1.78. The SMILES string of the molecule is C/C=C\C1=CN(C)CC1. The van der Waals surface area contributed by atoms with Crippen LogP contribution in [0.5, 0.6) is 0 Å². The summed E-state index contributed by atoms with van der Waals surface area (Å²) < 4.78 is 0. The van der Waals surface area contributed by atoms with E-state index in [4.69, 9.17) is 0 Å². The first-order chi connectivity index (χ1) is 4.33. The molecule has 9 heavy (non-hydrogen) atoms. The summed E-state index contributed by atoms with van der Waals surface area (Å²) in [6, 6.07) is 0. The van der Waals surface area contributed by atoms with E-state index in [2.05, 4.69) is 37.2 Å². The van der Waals surface area contributed by atoms with Crippen LogP contribution in [0, 0.1) is 0 Å².